The molecule has 0 unspecified atom stereocenters. The summed E-state index contributed by atoms with van der Waals surface area (Å²) in [4.78, 5) is 24.0. The minimum atomic E-state index is -0.878. The Bertz CT molecular complexity index is 717. The van der Waals surface area contributed by atoms with Crippen LogP contribution in [0, 0.1) is 0 Å². The van der Waals surface area contributed by atoms with Gasteiger partial charge in [0, 0.05) is 6.54 Å². The van der Waals surface area contributed by atoms with Crippen LogP contribution in [0.3, 0.4) is 0 Å². The van der Waals surface area contributed by atoms with Gasteiger partial charge in [-0.25, -0.2) is 4.79 Å². The first-order chi connectivity index (χ1) is 12.6. The minimum absolute atomic E-state index is 0.267. The van der Waals surface area contributed by atoms with Crippen LogP contribution in [0.4, 0.5) is 0 Å². The second-order valence-corrected chi connectivity index (χ2v) is 5.45. The molecule has 0 aromatic heterocycles. The Labute approximate surface area is 153 Å². The Morgan fingerprint density at radius 2 is 1.62 bits per heavy atom. The smallest absolute Gasteiger partial charge is 0.342 e. The lowest BCUT2D eigenvalue weighted by molar-refractivity contribution is -0.128. The van der Waals surface area contributed by atoms with E-state index < -0.39 is 12.1 Å². The third-order valence-electron chi connectivity index (χ3n) is 3.46. The highest BCUT2D eigenvalue weighted by molar-refractivity contribution is 5.94. The third kappa shape index (κ3) is 5.81. The van der Waals surface area contributed by atoms with Gasteiger partial charge in [0.25, 0.3) is 5.91 Å². The topological polar surface area (TPSA) is 73.9 Å². The van der Waals surface area contributed by atoms with Gasteiger partial charge in [-0.15, -0.1) is 0 Å². The second kappa shape index (κ2) is 10.1. The van der Waals surface area contributed by atoms with Crippen molar-refractivity contribution in [3.05, 3.63) is 60.2 Å². The van der Waals surface area contributed by atoms with Crippen molar-refractivity contribution in [2.24, 2.45) is 0 Å². The van der Waals surface area contributed by atoms with Gasteiger partial charge in [0.1, 0.15) is 30.3 Å². The quantitative estimate of drug-likeness (QED) is 0.552. The van der Waals surface area contributed by atoms with E-state index in [1.54, 1.807) is 31.2 Å². The van der Waals surface area contributed by atoms with E-state index in [4.69, 9.17) is 14.2 Å². The van der Waals surface area contributed by atoms with Gasteiger partial charge in [0.15, 0.2) is 6.10 Å². The van der Waals surface area contributed by atoms with Gasteiger partial charge in [-0.2, -0.15) is 0 Å². The maximum atomic E-state index is 12.3. The maximum Gasteiger partial charge on any atom is 0.342 e. The molecule has 1 amide bonds. The first-order valence-corrected chi connectivity index (χ1v) is 8.50. The van der Waals surface area contributed by atoms with Gasteiger partial charge >= 0.3 is 5.97 Å². The monoisotopic (exact) mass is 357 g/mol. The van der Waals surface area contributed by atoms with E-state index in [0.29, 0.717) is 18.9 Å². The molecule has 0 saturated carbocycles. The average Bonchev–Trinajstić information content (AvgIpc) is 2.66. The highest BCUT2D eigenvalue weighted by Gasteiger charge is 2.20. The Morgan fingerprint density at radius 1 is 0.962 bits per heavy atom. The first-order valence-electron chi connectivity index (χ1n) is 8.50. The highest BCUT2D eigenvalue weighted by atomic mass is 16.6. The summed E-state index contributed by atoms with van der Waals surface area (Å²) < 4.78 is 16.4. The van der Waals surface area contributed by atoms with Gasteiger partial charge in [0.05, 0.1) is 0 Å². The molecule has 0 aliphatic carbocycles. The molecule has 26 heavy (non-hydrogen) atoms. The van der Waals surface area contributed by atoms with Crippen LogP contribution in [0.25, 0.3) is 0 Å². The van der Waals surface area contributed by atoms with Gasteiger partial charge in [-0.05, 0) is 38.1 Å². The molecule has 0 bridgehead atoms. The van der Waals surface area contributed by atoms with Crippen LogP contribution in [0.15, 0.2) is 54.6 Å². The van der Waals surface area contributed by atoms with E-state index in [9.17, 15) is 9.59 Å². The van der Waals surface area contributed by atoms with Crippen LogP contribution in [0.5, 0.6) is 11.5 Å². The van der Waals surface area contributed by atoms with E-state index in [2.05, 4.69) is 5.32 Å². The summed E-state index contributed by atoms with van der Waals surface area (Å²) in [6.45, 7) is 4.41. The van der Waals surface area contributed by atoms with Crippen molar-refractivity contribution in [3.8, 4) is 11.5 Å². The summed E-state index contributed by atoms with van der Waals surface area (Å²) >= 11 is 0. The van der Waals surface area contributed by atoms with Crippen molar-refractivity contribution in [1.29, 1.82) is 0 Å². The fourth-order valence-electron chi connectivity index (χ4n) is 2.18. The number of amides is 1. The molecule has 2 aromatic carbocycles. The zero-order chi connectivity index (χ0) is 18.8. The molecule has 0 heterocycles. The summed E-state index contributed by atoms with van der Waals surface area (Å²) in [7, 11) is 0. The molecule has 2 rings (SSSR count). The average molecular weight is 357 g/mol. The number of carbonyl (C=O) groups is 2. The van der Waals surface area contributed by atoms with Crippen LogP contribution in [0.2, 0.25) is 0 Å². The Morgan fingerprint density at radius 3 is 2.35 bits per heavy atom. The van der Waals surface area contributed by atoms with Gasteiger partial charge in [-0.1, -0.05) is 30.3 Å². The lowest BCUT2D eigenvalue weighted by Crippen LogP contribution is -2.35. The number of hydrogen-bond donors (Lipinski definition) is 1. The van der Waals surface area contributed by atoms with Gasteiger partial charge in [0.2, 0.25) is 0 Å². The molecule has 2 aromatic rings. The van der Waals surface area contributed by atoms with E-state index >= 15 is 0 Å². The minimum Gasteiger partial charge on any atom is -0.490 e. The zero-order valence-corrected chi connectivity index (χ0v) is 14.9. The van der Waals surface area contributed by atoms with E-state index in [1.165, 1.54) is 6.92 Å². The third-order valence-corrected chi connectivity index (χ3v) is 3.46. The molecule has 6 nitrogen and oxygen atoms in total. The molecule has 0 fully saturated rings. The van der Waals surface area contributed by atoms with Crippen LogP contribution >= 0.6 is 0 Å². The van der Waals surface area contributed by atoms with E-state index in [0.717, 1.165) is 5.75 Å². The second-order valence-electron chi connectivity index (χ2n) is 5.45. The number of likely N-dealkylation sites (N-methyl/N-ethyl adjacent to an activating group) is 1. The molecular formula is C20H23NO5. The zero-order valence-electron chi connectivity index (χ0n) is 14.9. The summed E-state index contributed by atoms with van der Waals surface area (Å²) in [6.07, 6.45) is -0.878. The SMILES string of the molecule is CCNC(=O)[C@@H](C)OC(=O)c1ccccc1OCCOc1ccccc1. The first kappa shape index (κ1) is 19.3. The highest BCUT2D eigenvalue weighted by Crippen LogP contribution is 2.19. The van der Waals surface area contributed by atoms with Gasteiger partial charge < -0.3 is 19.5 Å². The van der Waals surface area contributed by atoms with Gasteiger partial charge in [-0.3, -0.25) is 4.79 Å². The lowest BCUT2D eigenvalue weighted by atomic mass is 10.2. The molecule has 0 aliphatic heterocycles. The van der Waals surface area contributed by atoms with Crippen molar-refractivity contribution in [2.75, 3.05) is 19.8 Å². The Kier molecular flexibility index (Phi) is 7.49. The Hall–Kier alpha value is -3.02. The number of para-hydroxylation sites is 2. The summed E-state index contributed by atoms with van der Waals surface area (Å²) in [5, 5.41) is 2.61. The molecule has 0 saturated heterocycles. The largest absolute Gasteiger partial charge is 0.490 e. The number of benzene rings is 2. The molecule has 0 spiro atoms. The summed E-state index contributed by atoms with van der Waals surface area (Å²) in [5.74, 6) is 0.190. The van der Waals surface area contributed by atoms with Crippen molar-refractivity contribution in [1.82, 2.24) is 5.32 Å². The van der Waals surface area contributed by atoms with Crippen LogP contribution < -0.4 is 14.8 Å². The fraction of sp³-hybridized carbons (Fsp3) is 0.300. The van der Waals surface area contributed by atoms with Crippen molar-refractivity contribution in [3.63, 3.8) is 0 Å². The normalized spacial score (nSPS) is 11.3. The number of ether oxygens (including phenoxy) is 3. The number of carbonyl (C=O) groups excluding carboxylic acids is 2. The standard InChI is InChI=1S/C20H23NO5/c1-3-21-19(22)15(2)26-20(23)17-11-7-8-12-18(17)25-14-13-24-16-9-5-4-6-10-16/h4-12,15H,3,13-14H2,1-2H3,(H,21,22)/t15-/m1/s1. The molecule has 0 radical (unpaired) electrons. The predicted molar refractivity (Wildman–Crippen MR) is 97.4 cm³/mol. The van der Waals surface area contributed by atoms with Crippen LogP contribution in [0.1, 0.15) is 24.2 Å². The van der Waals surface area contributed by atoms with Crippen molar-refractivity contribution in [2.45, 2.75) is 20.0 Å². The summed E-state index contributed by atoms with van der Waals surface area (Å²) in [6, 6.07) is 16.1. The van der Waals surface area contributed by atoms with Crippen molar-refractivity contribution >= 4 is 11.9 Å². The van der Waals surface area contributed by atoms with Crippen molar-refractivity contribution < 1.29 is 23.8 Å². The predicted octanol–water partition coefficient (Wildman–Crippen LogP) is 2.83. The lowest BCUT2D eigenvalue weighted by Gasteiger charge is -2.15. The van der Waals surface area contributed by atoms with Crippen LogP contribution in [-0.4, -0.2) is 37.7 Å². The molecule has 1 atom stereocenters. The summed E-state index contributed by atoms with van der Waals surface area (Å²) in [5.41, 5.74) is 0.267. The fourth-order valence-corrected chi connectivity index (χ4v) is 2.18. The number of nitrogens with one attached hydrogen (secondary N) is 1. The maximum absolute atomic E-state index is 12.3. The number of hydrogen-bond acceptors (Lipinski definition) is 5. The molecule has 6 heteroatoms. The van der Waals surface area contributed by atoms with E-state index in [1.807, 2.05) is 30.3 Å². The van der Waals surface area contributed by atoms with E-state index in [-0.39, 0.29) is 18.1 Å². The Balaban J connectivity index is 1.90. The molecule has 0 aliphatic rings. The molecular weight excluding hydrogens is 334 g/mol. The molecule has 138 valence electrons. The number of rotatable bonds is 9. The number of esters is 1. The van der Waals surface area contributed by atoms with Crippen LogP contribution in [-0.2, 0) is 9.53 Å². The molecule has 1 N–H and O–H groups in total.